The predicted octanol–water partition coefficient (Wildman–Crippen LogP) is 2.92. The number of aldehydes is 1. The second-order valence-electron chi connectivity index (χ2n) is 4.91. The van der Waals surface area contributed by atoms with Crippen LogP contribution in [0.4, 0.5) is 0 Å². The van der Waals surface area contributed by atoms with E-state index in [0.717, 1.165) is 23.0 Å². The molecule has 0 N–H and O–H groups in total. The van der Waals surface area contributed by atoms with Crippen molar-refractivity contribution in [3.05, 3.63) is 35.7 Å². The Morgan fingerprint density at radius 3 is 2.76 bits per heavy atom. The quantitative estimate of drug-likeness (QED) is 0.447. The van der Waals surface area contributed by atoms with E-state index in [4.69, 9.17) is 4.74 Å². The van der Waals surface area contributed by atoms with E-state index in [2.05, 4.69) is 24.0 Å². The summed E-state index contributed by atoms with van der Waals surface area (Å²) >= 11 is 1.59. The first-order chi connectivity index (χ1) is 10.1. The van der Waals surface area contributed by atoms with Crippen molar-refractivity contribution in [1.29, 1.82) is 0 Å². The molecule has 112 valence electrons. The number of thioether (sulfide) groups is 1. The summed E-state index contributed by atoms with van der Waals surface area (Å²) in [6.07, 6.45) is 0.806. The van der Waals surface area contributed by atoms with E-state index >= 15 is 0 Å². The van der Waals surface area contributed by atoms with Crippen molar-refractivity contribution >= 4 is 18.0 Å². The van der Waals surface area contributed by atoms with Crippen LogP contribution in [0.2, 0.25) is 0 Å². The summed E-state index contributed by atoms with van der Waals surface area (Å²) in [6.45, 7) is 4.70. The van der Waals surface area contributed by atoms with Gasteiger partial charge in [-0.25, -0.2) is 0 Å². The maximum Gasteiger partial charge on any atom is 0.191 e. The van der Waals surface area contributed by atoms with Gasteiger partial charge in [-0.05, 0) is 12.1 Å². The van der Waals surface area contributed by atoms with Crippen LogP contribution in [-0.4, -0.2) is 33.4 Å². The number of carbonyl (C=O) groups is 1. The van der Waals surface area contributed by atoms with Gasteiger partial charge >= 0.3 is 0 Å². The molecule has 1 aromatic carbocycles. The van der Waals surface area contributed by atoms with Gasteiger partial charge in [0.25, 0.3) is 0 Å². The van der Waals surface area contributed by atoms with E-state index in [9.17, 15) is 4.79 Å². The average molecular weight is 305 g/mol. The van der Waals surface area contributed by atoms with Crippen molar-refractivity contribution in [2.75, 3.05) is 12.4 Å². The third kappa shape index (κ3) is 3.85. The molecule has 0 spiro atoms. The molecule has 6 heteroatoms. The van der Waals surface area contributed by atoms with Gasteiger partial charge in [0, 0.05) is 18.7 Å². The van der Waals surface area contributed by atoms with Gasteiger partial charge in [-0.1, -0.05) is 37.7 Å². The Morgan fingerprint density at radius 2 is 2.10 bits per heavy atom. The third-order valence-corrected chi connectivity index (χ3v) is 3.99. The highest BCUT2D eigenvalue weighted by Crippen LogP contribution is 2.20. The Labute approximate surface area is 128 Å². The van der Waals surface area contributed by atoms with Gasteiger partial charge in [-0.15, -0.1) is 10.2 Å². The molecule has 0 aliphatic rings. The summed E-state index contributed by atoms with van der Waals surface area (Å²) in [5.41, 5.74) is 0.572. The largest absolute Gasteiger partial charge is 0.492 e. The summed E-state index contributed by atoms with van der Waals surface area (Å²) in [5.74, 6) is 2.70. The molecule has 0 unspecified atom stereocenters. The minimum Gasteiger partial charge on any atom is -0.492 e. The maximum atomic E-state index is 10.9. The molecule has 0 saturated carbocycles. The van der Waals surface area contributed by atoms with Crippen LogP contribution < -0.4 is 4.74 Å². The van der Waals surface area contributed by atoms with Crippen LogP contribution in [0.3, 0.4) is 0 Å². The van der Waals surface area contributed by atoms with Gasteiger partial charge in [0.1, 0.15) is 11.6 Å². The number of carbonyl (C=O) groups excluding carboxylic acids is 1. The molecule has 5 nitrogen and oxygen atoms in total. The molecule has 2 rings (SSSR count). The standard InChI is InChI=1S/C15H19N3O2S/c1-11(2)14-16-17-15(18(14)3)21-9-8-20-13-7-5-4-6-12(13)10-19/h4-7,10-11H,8-9H2,1-3H3. The molecule has 0 saturated heterocycles. The zero-order valence-electron chi connectivity index (χ0n) is 12.4. The van der Waals surface area contributed by atoms with Gasteiger partial charge in [-0.3, -0.25) is 4.79 Å². The molecule has 0 atom stereocenters. The van der Waals surface area contributed by atoms with E-state index < -0.39 is 0 Å². The molecule has 21 heavy (non-hydrogen) atoms. The summed E-state index contributed by atoms with van der Waals surface area (Å²) < 4.78 is 7.64. The van der Waals surface area contributed by atoms with Gasteiger partial charge in [0.2, 0.25) is 0 Å². The van der Waals surface area contributed by atoms with E-state index in [-0.39, 0.29) is 0 Å². The van der Waals surface area contributed by atoms with E-state index in [1.807, 2.05) is 23.7 Å². The number of ether oxygens (including phenoxy) is 1. The molecule has 0 aliphatic heterocycles. The monoisotopic (exact) mass is 305 g/mol. The Bertz CT molecular complexity index is 611. The van der Waals surface area contributed by atoms with Gasteiger partial charge in [-0.2, -0.15) is 0 Å². The number of hydrogen-bond acceptors (Lipinski definition) is 5. The summed E-state index contributed by atoms with van der Waals surface area (Å²) in [7, 11) is 1.97. The molecule has 0 bridgehead atoms. The molecular weight excluding hydrogens is 286 g/mol. The number of para-hydroxylation sites is 1. The number of hydrogen-bond donors (Lipinski definition) is 0. The van der Waals surface area contributed by atoms with Crippen LogP contribution in [-0.2, 0) is 7.05 Å². The fourth-order valence-corrected chi connectivity index (χ4v) is 2.68. The number of rotatable bonds is 7. The Kier molecular flexibility index (Phi) is 5.38. The van der Waals surface area contributed by atoms with Crippen LogP contribution in [0.15, 0.2) is 29.4 Å². The minimum absolute atomic E-state index is 0.354. The van der Waals surface area contributed by atoms with Gasteiger partial charge < -0.3 is 9.30 Å². The van der Waals surface area contributed by atoms with Crippen molar-refractivity contribution in [2.24, 2.45) is 7.05 Å². The summed E-state index contributed by atoms with van der Waals surface area (Å²) in [4.78, 5) is 10.9. The first-order valence-electron chi connectivity index (χ1n) is 6.82. The molecule has 2 aromatic rings. The number of benzene rings is 1. The molecule has 0 radical (unpaired) electrons. The zero-order chi connectivity index (χ0) is 15.2. The summed E-state index contributed by atoms with van der Waals surface area (Å²) in [6, 6.07) is 7.21. The van der Waals surface area contributed by atoms with Crippen LogP contribution >= 0.6 is 11.8 Å². The molecule has 0 fully saturated rings. The first kappa shape index (κ1) is 15.6. The third-order valence-electron chi connectivity index (χ3n) is 3.00. The Morgan fingerprint density at radius 1 is 1.33 bits per heavy atom. The molecular formula is C15H19N3O2S. The van der Waals surface area contributed by atoms with Crippen LogP contribution in [0, 0.1) is 0 Å². The average Bonchev–Trinajstić information content (AvgIpc) is 2.85. The zero-order valence-corrected chi connectivity index (χ0v) is 13.3. The minimum atomic E-state index is 0.354. The number of aromatic nitrogens is 3. The lowest BCUT2D eigenvalue weighted by atomic mass is 10.2. The Balaban J connectivity index is 1.86. The smallest absolute Gasteiger partial charge is 0.191 e. The van der Waals surface area contributed by atoms with Crippen molar-refractivity contribution in [1.82, 2.24) is 14.8 Å². The lowest BCUT2D eigenvalue weighted by Gasteiger charge is -2.08. The normalized spacial score (nSPS) is 10.9. The second-order valence-corrected chi connectivity index (χ2v) is 5.97. The Hall–Kier alpha value is -1.82. The van der Waals surface area contributed by atoms with Gasteiger partial charge in [0.05, 0.1) is 12.2 Å². The highest BCUT2D eigenvalue weighted by molar-refractivity contribution is 7.99. The van der Waals surface area contributed by atoms with Crippen molar-refractivity contribution < 1.29 is 9.53 Å². The first-order valence-corrected chi connectivity index (χ1v) is 7.81. The summed E-state index contributed by atoms with van der Waals surface area (Å²) in [5, 5.41) is 9.24. The number of nitrogens with zero attached hydrogens (tertiary/aromatic N) is 3. The van der Waals surface area contributed by atoms with Crippen LogP contribution in [0.5, 0.6) is 5.75 Å². The van der Waals surface area contributed by atoms with E-state index in [1.165, 1.54) is 0 Å². The van der Waals surface area contributed by atoms with E-state index in [0.29, 0.717) is 23.8 Å². The lowest BCUT2D eigenvalue weighted by Crippen LogP contribution is -2.04. The predicted molar refractivity (Wildman–Crippen MR) is 83.1 cm³/mol. The highest BCUT2D eigenvalue weighted by atomic mass is 32.2. The van der Waals surface area contributed by atoms with Crippen molar-refractivity contribution in [3.63, 3.8) is 0 Å². The highest BCUT2D eigenvalue weighted by Gasteiger charge is 2.11. The SMILES string of the molecule is CC(C)c1nnc(SCCOc2ccccc2C=O)n1C. The fraction of sp³-hybridized carbons (Fsp3) is 0.400. The second kappa shape index (κ2) is 7.26. The topological polar surface area (TPSA) is 57.0 Å². The van der Waals surface area contributed by atoms with Crippen LogP contribution in [0.25, 0.3) is 0 Å². The molecule has 0 aliphatic carbocycles. The molecule has 1 heterocycles. The van der Waals surface area contributed by atoms with Crippen LogP contribution in [0.1, 0.15) is 35.9 Å². The lowest BCUT2D eigenvalue weighted by molar-refractivity contribution is 0.112. The molecule has 1 aromatic heterocycles. The molecule has 0 amide bonds. The van der Waals surface area contributed by atoms with Gasteiger partial charge in [0.15, 0.2) is 11.4 Å². The fourth-order valence-electron chi connectivity index (χ4n) is 1.95. The van der Waals surface area contributed by atoms with Crippen molar-refractivity contribution in [2.45, 2.75) is 24.9 Å². The van der Waals surface area contributed by atoms with E-state index in [1.54, 1.807) is 23.9 Å². The van der Waals surface area contributed by atoms with Crippen molar-refractivity contribution in [3.8, 4) is 5.75 Å². The maximum absolute atomic E-state index is 10.9.